The van der Waals surface area contributed by atoms with E-state index in [1.165, 1.54) is 0 Å². The van der Waals surface area contributed by atoms with Crippen LogP contribution in [0.5, 0.6) is 5.75 Å². The Hall–Kier alpha value is -1.18. The first-order valence-corrected chi connectivity index (χ1v) is 6.51. The van der Waals surface area contributed by atoms with Crippen LogP contribution in [0.25, 0.3) is 0 Å². The van der Waals surface area contributed by atoms with Crippen molar-refractivity contribution in [1.29, 1.82) is 0 Å². The third-order valence-corrected chi connectivity index (χ3v) is 1.95. The third-order valence-electron chi connectivity index (χ3n) is 1.95. The summed E-state index contributed by atoms with van der Waals surface area (Å²) in [5, 5.41) is 24.9. The number of hydrogen-bond acceptors (Lipinski definition) is 6. The molecule has 0 unspecified atom stereocenters. The lowest BCUT2D eigenvalue weighted by molar-refractivity contribution is 0.0222. The molecule has 0 saturated carbocycles. The summed E-state index contributed by atoms with van der Waals surface area (Å²) in [6.45, 7) is 2.16. The van der Waals surface area contributed by atoms with E-state index in [9.17, 15) is 0 Å². The maximum atomic E-state index is 8.40. The van der Waals surface area contributed by atoms with Gasteiger partial charge in [-0.3, -0.25) is 0 Å². The minimum atomic E-state index is 0.0417. The molecule has 6 heteroatoms. The average molecular weight is 288 g/mol. The quantitative estimate of drug-likeness (QED) is 0.528. The van der Waals surface area contributed by atoms with Gasteiger partial charge in [0.1, 0.15) is 12.4 Å². The van der Waals surface area contributed by atoms with Crippen LogP contribution in [-0.4, -0.2) is 68.2 Å². The highest BCUT2D eigenvalue weighted by molar-refractivity contribution is 5.20. The van der Waals surface area contributed by atoms with E-state index in [0.29, 0.717) is 33.0 Å². The molecule has 0 radical (unpaired) electrons. The van der Waals surface area contributed by atoms with Crippen molar-refractivity contribution in [3.8, 4) is 5.75 Å². The molecule has 0 saturated heterocycles. The van der Waals surface area contributed by atoms with E-state index in [1.54, 1.807) is 0 Å². The van der Waals surface area contributed by atoms with E-state index >= 15 is 0 Å². The number of benzene rings is 1. The van der Waals surface area contributed by atoms with Gasteiger partial charge in [-0.1, -0.05) is 18.2 Å². The fraction of sp³-hybridized carbons (Fsp3) is 0.571. The van der Waals surface area contributed by atoms with Gasteiger partial charge in [0.25, 0.3) is 0 Å². The van der Waals surface area contributed by atoms with Crippen LogP contribution in [0.15, 0.2) is 30.3 Å². The second-order valence-electron chi connectivity index (χ2n) is 3.56. The van der Waals surface area contributed by atoms with Crippen LogP contribution in [0.1, 0.15) is 0 Å². The van der Waals surface area contributed by atoms with Crippen LogP contribution in [0, 0.1) is 0 Å². The molecular weight excluding hydrogens is 264 g/mol. The van der Waals surface area contributed by atoms with E-state index < -0.39 is 0 Å². The van der Waals surface area contributed by atoms with Gasteiger partial charge in [0.05, 0.1) is 46.2 Å². The fourth-order valence-electron chi connectivity index (χ4n) is 1.13. The van der Waals surface area contributed by atoms with Gasteiger partial charge in [-0.25, -0.2) is 0 Å². The van der Waals surface area contributed by atoms with Gasteiger partial charge in [0, 0.05) is 0 Å². The predicted molar refractivity (Wildman–Crippen MR) is 74.8 cm³/mol. The Balaban J connectivity index is 0.000000361. The van der Waals surface area contributed by atoms with Gasteiger partial charge >= 0.3 is 0 Å². The van der Waals surface area contributed by atoms with Gasteiger partial charge in [0.15, 0.2) is 0 Å². The molecule has 0 heterocycles. The summed E-state index contributed by atoms with van der Waals surface area (Å²) in [5.74, 6) is 0.802. The normalized spacial score (nSPS) is 9.75. The van der Waals surface area contributed by atoms with Gasteiger partial charge in [-0.15, -0.1) is 0 Å². The van der Waals surface area contributed by atoms with Crippen molar-refractivity contribution in [1.82, 2.24) is 0 Å². The molecule has 0 spiro atoms. The van der Waals surface area contributed by atoms with Crippen molar-refractivity contribution in [2.24, 2.45) is 0 Å². The molecule has 6 nitrogen and oxygen atoms in total. The zero-order valence-electron chi connectivity index (χ0n) is 11.6. The molecule has 20 heavy (non-hydrogen) atoms. The Kier molecular flexibility index (Phi) is 14.9. The van der Waals surface area contributed by atoms with Crippen LogP contribution in [0.2, 0.25) is 0 Å². The summed E-state index contributed by atoms with van der Waals surface area (Å²) in [4.78, 5) is 0. The molecule has 0 atom stereocenters. The summed E-state index contributed by atoms with van der Waals surface area (Å²) in [6, 6.07) is 9.43. The Labute approximate surface area is 119 Å². The van der Waals surface area contributed by atoms with E-state index in [1.807, 2.05) is 30.3 Å². The summed E-state index contributed by atoms with van der Waals surface area (Å²) in [6.07, 6.45) is 0. The summed E-state index contributed by atoms with van der Waals surface area (Å²) in [5.41, 5.74) is 0. The van der Waals surface area contributed by atoms with Gasteiger partial charge < -0.3 is 29.5 Å². The summed E-state index contributed by atoms with van der Waals surface area (Å²) >= 11 is 0. The van der Waals surface area contributed by atoms with E-state index in [-0.39, 0.29) is 19.8 Å². The highest BCUT2D eigenvalue weighted by Gasteiger charge is 1.87. The third kappa shape index (κ3) is 13.3. The summed E-state index contributed by atoms with van der Waals surface area (Å²) < 4.78 is 14.9. The smallest absolute Gasteiger partial charge is 0.119 e. The predicted octanol–water partition coefficient (Wildman–Crippen LogP) is 0.0619. The summed E-state index contributed by atoms with van der Waals surface area (Å²) in [7, 11) is 0. The van der Waals surface area contributed by atoms with Crippen molar-refractivity contribution >= 4 is 0 Å². The first-order chi connectivity index (χ1) is 9.85. The molecule has 0 bridgehead atoms. The molecule has 1 rings (SSSR count). The number of rotatable bonds is 10. The second-order valence-corrected chi connectivity index (χ2v) is 3.56. The maximum Gasteiger partial charge on any atom is 0.119 e. The Morgan fingerprint density at radius 2 is 1.15 bits per heavy atom. The molecule has 116 valence electrons. The van der Waals surface area contributed by atoms with Crippen LogP contribution in [0.4, 0.5) is 0 Å². The Morgan fingerprint density at radius 1 is 0.650 bits per heavy atom. The minimum Gasteiger partial charge on any atom is -0.491 e. The Morgan fingerprint density at radius 3 is 1.60 bits per heavy atom. The van der Waals surface area contributed by atoms with Crippen LogP contribution in [0.3, 0.4) is 0 Å². The lowest BCUT2D eigenvalue weighted by Crippen LogP contribution is -2.09. The number of hydrogen-bond donors (Lipinski definition) is 3. The number of para-hydroxylation sites is 1. The molecule has 3 N–H and O–H groups in total. The van der Waals surface area contributed by atoms with Crippen LogP contribution >= 0.6 is 0 Å². The highest BCUT2D eigenvalue weighted by atomic mass is 16.5. The van der Waals surface area contributed by atoms with Gasteiger partial charge in [-0.05, 0) is 12.1 Å². The largest absolute Gasteiger partial charge is 0.491 e. The topological polar surface area (TPSA) is 88.4 Å². The lowest BCUT2D eigenvalue weighted by Gasteiger charge is -2.01. The van der Waals surface area contributed by atoms with E-state index in [0.717, 1.165) is 5.75 Å². The van der Waals surface area contributed by atoms with Crippen LogP contribution < -0.4 is 4.74 Å². The van der Waals surface area contributed by atoms with Crippen molar-refractivity contribution < 1.29 is 29.5 Å². The number of aliphatic hydroxyl groups is 3. The molecule has 0 aliphatic rings. The lowest BCUT2D eigenvalue weighted by atomic mass is 10.3. The van der Waals surface area contributed by atoms with Gasteiger partial charge in [0.2, 0.25) is 0 Å². The Bertz CT molecular complexity index is 272. The van der Waals surface area contributed by atoms with Crippen LogP contribution in [-0.2, 0) is 9.47 Å². The molecule has 0 aliphatic carbocycles. The monoisotopic (exact) mass is 288 g/mol. The first kappa shape index (κ1) is 18.8. The van der Waals surface area contributed by atoms with Crippen molar-refractivity contribution in [3.63, 3.8) is 0 Å². The second kappa shape index (κ2) is 15.9. The standard InChI is InChI=1S/C8H10O2.C6H14O4/c9-6-7-10-8-4-2-1-3-5-8;7-1-3-9-5-6-10-4-2-8/h1-5,9H,6-7H2;7-8H,1-6H2. The molecule has 1 aromatic rings. The minimum absolute atomic E-state index is 0.0417. The molecule has 1 aromatic carbocycles. The SMILES string of the molecule is OCCOCCOCCO.OCCOc1ccccc1. The zero-order valence-corrected chi connectivity index (χ0v) is 11.6. The van der Waals surface area contributed by atoms with Gasteiger partial charge in [-0.2, -0.15) is 0 Å². The van der Waals surface area contributed by atoms with Crippen molar-refractivity contribution in [2.45, 2.75) is 0 Å². The number of ether oxygens (including phenoxy) is 3. The number of aliphatic hydroxyl groups excluding tert-OH is 3. The molecule has 0 amide bonds. The van der Waals surface area contributed by atoms with Crippen molar-refractivity contribution in [2.75, 3.05) is 52.9 Å². The molecule has 0 aromatic heterocycles. The highest BCUT2D eigenvalue weighted by Crippen LogP contribution is 2.07. The van der Waals surface area contributed by atoms with Crippen molar-refractivity contribution in [3.05, 3.63) is 30.3 Å². The zero-order chi connectivity index (χ0) is 14.9. The average Bonchev–Trinajstić information content (AvgIpc) is 2.50. The van der Waals surface area contributed by atoms with E-state index in [4.69, 9.17) is 29.5 Å². The molecule has 0 aliphatic heterocycles. The molecule has 0 fully saturated rings. The van der Waals surface area contributed by atoms with E-state index in [2.05, 4.69) is 0 Å². The first-order valence-electron chi connectivity index (χ1n) is 6.51. The fourth-order valence-corrected chi connectivity index (χ4v) is 1.13. The maximum absolute atomic E-state index is 8.40. The molecular formula is C14H24O6.